The van der Waals surface area contributed by atoms with Gasteiger partial charge in [-0.15, -0.1) is 0 Å². The van der Waals surface area contributed by atoms with E-state index in [-0.39, 0.29) is 17.9 Å². The monoisotopic (exact) mass is 256 g/mol. The molecule has 1 amide bonds. The second-order valence-electron chi connectivity index (χ2n) is 6.00. The fourth-order valence-electron chi connectivity index (χ4n) is 2.08. The van der Waals surface area contributed by atoms with Crippen LogP contribution in [0.25, 0.3) is 0 Å². The van der Waals surface area contributed by atoms with E-state index in [0.29, 0.717) is 0 Å². The lowest BCUT2D eigenvalue weighted by Crippen LogP contribution is -2.51. The fraction of sp³-hybridized carbons (Fsp3) is 0.846. The molecular formula is C13H24N2O3. The number of hydrogen-bond donors (Lipinski definition) is 0. The van der Waals surface area contributed by atoms with Crippen LogP contribution < -0.4 is 0 Å². The van der Waals surface area contributed by atoms with E-state index in [2.05, 4.69) is 25.7 Å². The molecule has 1 aliphatic heterocycles. The van der Waals surface area contributed by atoms with Crippen LogP contribution >= 0.6 is 0 Å². The lowest BCUT2D eigenvalue weighted by atomic mass is 9.96. The van der Waals surface area contributed by atoms with Crippen LogP contribution in [0.4, 0.5) is 0 Å². The van der Waals surface area contributed by atoms with Gasteiger partial charge in [0.2, 0.25) is 0 Å². The third-order valence-corrected chi connectivity index (χ3v) is 2.82. The molecule has 0 N–H and O–H groups in total. The lowest BCUT2D eigenvalue weighted by Gasteiger charge is -2.37. The first-order valence-electron chi connectivity index (χ1n) is 6.41. The lowest BCUT2D eigenvalue weighted by molar-refractivity contribution is -0.151. The summed E-state index contributed by atoms with van der Waals surface area (Å²) in [6, 6.07) is 0. The number of nitrogens with zero attached hydrogens (tertiary/aromatic N) is 2. The summed E-state index contributed by atoms with van der Waals surface area (Å²) in [6.45, 7) is 12.1. The van der Waals surface area contributed by atoms with Gasteiger partial charge in [0.05, 0.1) is 0 Å². The minimum absolute atomic E-state index is 0.0967. The zero-order valence-electron chi connectivity index (χ0n) is 11.9. The highest BCUT2D eigenvalue weighted by Crippen LogP contribution is 2.16. The van der Waals surface area contributed by atoms with Crippen LogP contribution in [-0.4, -0.2) is 61.0 Å². The summed E-state index contributed by atoms with van der Waals surface area (Å²) >= 11 is 0. The van der Waals surface area contributed by atoms with Crippen molar-refractivity contribution in [2.24, 2.45) is 5.41 Å². The van der Waals surface area contributed by atoms with Crippen molar-refractivity contribution < 1.29 is 14.3 Å². The Morgan fingerprint density at radius 1 is 1.11 bits per heavy atom. The van der Waals surface area contributed by atoms with Crippen molar-refractivity contribution in [3.8, 4) is 0 Å². The molecule has 1 saturated heterocycles. The van der Waals surface area contributed by atoms with Crippen molar-refractivity contribution in [3.05, 3.63) is 0 Å². The Morgan fingerprint density at radius 2 is 1.67 bits per heavy atom. The van der Waals surface area contributed by atoms with Gasteiger partial charge in [0.25, 0.3) is 5.91 Å². The maximum Gasteiger partial charge on any atom is 0.303 e. The molecule has 0 radical (unpaired) electrons. The van der Waals surface area contributed by atoms with Gasteiger partial charge in [0, 0.05) is 39.6 Å². The van der Waals surface area contributed by atoms with E-state index in [4.69, 9.17) is 4.74 Å². The Bertz CT molecular complexity index is 302. The van der Waals surface area contributed by atoms with Crippen LogP contribution in [0.2, 0.25) is 0 Å². The normalized spacial score (nSPS) is 17.7. The van der Waals surface area contributed by atoms with E-state index in [9.17, 15) is 9.59 Å². The maximum absolute atomic E-state index is 11.7. The molecule has 0 spiro atoms. The number of carbonyl (C=O) groups excluding carboxylic acids is 2. The molecule has 0 aromatic heterocycles. The average Bonchev–Trinajstić information content (AvgIpc) is 2.24. The first kappa shape index (κ1) is 15.0. The summed E-state index contributed by atoms with van der Waals surface area (Å²) in [5.74, 6) is -0.504. The zero-order chi connectivity index (χ0) is 13.8. The predicted octanol–water partition coefficient (Wildman–Crippen LogP) is 0.740. The number of carbonyl (C=O) groups is 2. The summed E-state index contributed by atoms with van der Waals surface area (Å²) in [5.41, 5.74) is 0.282. The molecule has 18 heavy (non-hydrogen) atoms. The largest absolute Gasteiger partial charge is 0.456 e. The Morgan fingerprint density at radius 3 is 2.11 bits per heavy atom. The molecule has 5 nitrogen and oxygen atoms in total. The number of amides is 1. The summed E-state index contributed by atoms with van der Waals surface area (Å²) < 4.78 is 4.72. The Balaban J connectivity index is 2.30. The predicted molar refractivity (Wildman–Crippen MR) is 69.1 cm³/mol. The molecule has 0 aliphatic carbocycles. The molecular weight excluding hydrogens is 232 g/mol. The van der Waals surface area contributed by atoms with Crippen molar-refractivity contribution in [1.82, 2.24) is 9.80 Å². The van der Waals surface area contributed by atoms with Crippen LogP contribution in [0.1, 0.15) is 27.7 Å². The second kappa shape index (κ2) is 6.18. The van der Waals surface area contributed by atoms with Gasteiger partial charge in [-0.1, -0.05) is 20.8 Å². The number of rotatable bonds is 3. The molecule has 1 aliphatic rings. The minimum Gasteiger partial charge on any atom is -0.456 e. The molecule has 0 unspecified atom stereocenters. The van der Waals surface area contributed by atoms with E-state index in [1.54, 1.807) is 4.90 Å². The first-order valence-corrected chi connectivity index (χ1v) is 6.41. The fourth-order valence-corrected chi connectivity index (χ4v) is 2.08. The SMILES string of the molecule is CC(=O)OCC(=O)N1CCN(CC(C)(C)C)CC1. The summed E-state index contributed by atoms with van der Waals surface area (Å²) in [4.78, 5) is 26.5. The van der Waals surface area contributed by atoms with Crippen LogP contribution in [-0.2, 0) is 14.3 Å². The van der Waals surface area contributed by atoms with Crippen molar-refractivity contribution in [1.29, 1.82) is 0 Å². The Kier molecular flexibility index (Phi) is 5.14. The molecule has 0 atom stereocenters. The maximum atomic E-state index is 11.7. The summed E-state index contributed by atoms with van der Waals surface area (Å²) in [7, 11) is 0. The second-order valence-corrected chi connectivity index (χ2v) is 6.00. The number of esters is 1. The first-order chi connectivity index (χ1) is 8.28. The zero-order valence-corrected chi connectivity index (χ0v) is 11.9. The minimum atomic E-state index is -0.408. The number of ether oxygens (including phenoxy) is 1. The molecule has 0 saturated carbocycles. The number of piperazine rings is 1. The molecule has 1 heterocycles. The van der Waals surface area contributed by atoms with Gasteiger partial charge in [-0.3, -0.25) is 14.5 Å². The van der Waals surface area contributed by atoms with Gasteiger partial charge in [0.1, 0.15) is 0 Å². The van der Waals surface area contributed by atoms with Gasteiger partial charge in [0.15, 0.2) is 6.61 Å². The molecule has 1 fully saturated rings. The van der Waals surface area contributed by atoms with Gasteiger partial charge < -0.3 is 9.64 Å². The highest BCUT2D eigenvalue weighted by molar-refractivity contribution is 5.80. The molecule has 0 bridgehead atoms. The van der Waals surface area contributed by atoms with Crippen LogP contribution in [0, 0.1) is 5.41 Å². The molecule has 5 heteroatoms. The highest BCUT2D eigenvalue weighted by Gasteiger charge is 2.24. The van der Waals surface area contributed by atoms with Crippen molar-refractivity contribution >= 4 is 11.9 Å². The topological polar surface area (TPSA) is 49.9 Å². The van der Waals surface area contributed by atoms with Gasteiger partial charge >= 0.3 is 5.97 Å². The Labute approximate surface area is 109 Å². The van der Waals surface area contributed by atoms with Gasteiger partial charge in [-0.25, -0.2) is 0 Å². The molecule has 0 aromatic rings. The average molecular weight is 256 g/mol. The standard InChI is InChI=1S/C13H24N2O3/c1-11(16)18-9-12(17)15-7-5-14(6-8-15)10-13(2,3)4/h5-10H2,1-4H3. The van der Waals surface area contributed by atoms with Crippen molar-refractivity contribution in [2.45, 2.75) is 27.7 Å². The van der Waals surface area contributed by atoms with E-state index in [1.165, 1.54) is 6.92 Å². The third-order valence-electron chi connectivity index (χ3n) is 2.82. The third kappa shape index (κ3) is 5.49. The van der Waals surface area contributed by atoms with Crippen LogP contribution in [0.3, 0.4) is 0 Å². The van der Waals surface area contributed by atoms with Crippen LogP contribution in [0.15, 0.2) is 0 Å². The van der Waals surface area contributed by atoms with E-state index in [1.807, 2.05) is 0 Å². The quantitative estimate of drug-likeness (QED) is 0.699. The molecule has 1 rings (SSSR count). The van der Waals surface area contributed by atoms with Crippen molar-refractivity contribution in [3.63, 3.8) is 0 Å². The van der Waals surface area contributed by atoms with Crippen molar-refractivity contribution in [2.75, 3.05) is 39.3 Å². The van der Waals surface area contributed by atoms with Gasteiger partial charge in [-0.05, 0) is 5.41 Å². The molecule has 0 aromatic carbocycles. The smallest absolute Gasteiger partial charge is 0.303 e. The van der Waals surface area contributed by atoms with E-state index >= 15 is 0 Å². The highest BCUT2D eigenvalue weighted by atomic mass is 16.5. The van der Waals surface area contributed by atoms with E-state index < -0.39 is 5.97 Å². The van der Waals surface area contributed by atoms with E-state index in [0.717, 1.165) is 32.7 Å². The summed E-state index contributed by atoms with van der Waals surface area (Å²) in [5, 5.41) is 0. The van der Waals surface area contributed by atoms with Gasteiger partial charge in [-0.2, -0.15) is 0 Å². The van der Waals surface area contributed by atoms with Crippen LogP contribution in [0.5, 0.6) is 0 Å². The summed E-state index contributed by atoms with van der Waals surface area (Å²) in [6.07, 6.45) is 0. The molecule has 104 valence electrons. The Hall–Kier alpha value is -1.10. The number of hydrogen-bond acceptors (Lipinski definition) is 4.